The van der Waals surface area contributed by atoms with Crippen LogP contribution in [0.4, 0.5) is 10.1 Å². The molecule has 29 heavy (non-hydrogen) atoms. The van der Waals surface area contributed by atoms with Gasteiger partial charge in [0.1, 0.15) is 23.1 Å². The van der Waals surface area contributed by atoms with Crippen molar-refractivity contribution in [3.63, 3.8) is 0 Å². The molecule has 9 heteroatoms. The third kappa shape index (κ3) is 3.94. The first kappa shape index (κ1) is 18.6. The molecule has 4 rings (SSSR count). The molecule has 0 aliphatic rings. The number of halogens is 1. The van der Waals surface area contributed by atoms with Crippen LogP contribution in [0.5, 0.6) is 5.75 Å². The summed E-state index contributed by atoms with van der Waals surface area (Å²) in [6, 6.07) is 14.6. The Kier molecular flexibility index (Phi) is 4.73. The molecule has 0 fully saturated rings. The molecule has 0 unspecified atom stereocenters. The first-order valence-corrected chi connectivity index (χ1v) is 9.24. The second-order valence-electron chi connectivity index (χ2n) is 6.16. The Morgan fingerprint density at radius 3 is 2.31 bits per heavy atom. The number of nitrogens with zero attached hydrogens (tertiary/aromatic N) is 1. The van der Waals surface area contributed by atoms with Crippen LogP contribution in [-0.4, -0.2) is 15.8 Å². The monoisotopic (exact) mass is 412 g/mol. The van der Waals surface area contributed by atoms with E-state index in [9.17, 15) is 23.9 Å². The third-order valence-corrected chi connectivity index (χ3v) is 5.33. The van der Waals surface area contributed by atoms with Gasteiger partial charge in [-0.05, 0) is 53.6 Å². The summed E-state index contributed by atoms with van der Waals surface area (Å²) in [6.07, 6.45) is 0. The van der Waals surface area contributed by atoms with Crippen LogP contribution in [0.2, 0.25) is 0 Å². The highest BCUT2D eigenvalue weighted by Gasteiger charge is 2.22. The van der Waals surface area contributed by atoms with Gasteiger partial charge in [0.15, 0.2) is 0 Å². The van der Waals surface area contributed by atoms with Crippen molar-refractivity contribution in [3.8, 4) is 16.2 Å². The summed E-state index contributed by atoms with van der Waals surface area (Å²) < 4.78 is 19.4. The van der Waals surface area contributed by atoms with E-state index < -0.39 is 17.1 Å². The van der Waals surface area contributed by atoms with Gasteiger partial charge in [0.25, 0.3) is 0 Å². The first-order chi connectivity index (χ1) is 13.9. The Morgan fingerprint density at radius 1 is 1.07 bits per heavy atom. The summed E-state index contributed by atoms with van der Waals surface area (Å²) in [4.78, 5) is 34.4. The summed E-state index contributed by atoms with van der Waals surface area (Å²) in [5.74, 6) is -0.868. The molecule has 7 nitrogen and oxygen atoms in total. The highest BCUT2D eigenvalue weighted by atomic mass is 32.1. The minimum absolute atomic E-state index is 0.0101. The van der Waals surface area contributed by atoms with Crippen LogP contribution in [0.25, 0.3) is 10.4 Å². The van der Waals surface area contributed by atoms with Crippen LogP contribution in [0.15, 0.2) is 64.2 Å². The largest absolute Gasteiger partial charge is 0.489 e. The number of benzene rings is 2. The summed E-state index contributed by atoms with van der Waals surface area (Å²) in [6.45, 7) is 0.285. The SMILES string of the molecule is O=C(O)c1sc(-c2ccc(OCc3ccc(F)cc3)cc2)cc1Nn1c(=O)c1=O. The molecular formula is C20H13FN2O5S. The number of anilines is 1. The van der Waals surface area contributed by atoms with Crippen molar-refractivity contribution in [2.75, 3.05) is 5.43 Å². The number of carboxylic acid groups (broad SMARTS) is 1. The molecule has 0 atom stereocenters. The second kappa shape index (κ2) is 7.36. The average molecular weight is 412 g/mol. The second-order valence-corrected chi connectivity index (χ2v) is 7.21. The van der Waals surface area contributed by atoms with Gasteiger partial charge in [-0.3, -0.25) is 15.0 Å². The fourth-order valence-electron chi connectivity index (χ4n) is 2.59. The van der Waals surface area contributed by atoms with Crippen LogP contribution in [0.3, 0.4) is 0 Å². The summed E-state index contributed by atoms with van der Waals surface area (Å²) >= 11 is 1.02. The van der Waals surface area contributed by atoms with Crippen molar-refractivity contribution in [1.82, 2.24) is 4.68 Å². The standard InChI is InChI=1S/C20H13FN2O5S/c21-13-5-1-11(2-6-13)10-28-14-7-3-12(4-8-14)16-9-15(17(29-16)20(26)27)22-23-18(24)19(23)25/h1-9,22H,10H2,(H,26,27). The number of aromatic nitrogens is 1. The van der Waals surface area contributed by atoms with Gasteiger partial charge in [-0.25, -0.2) is 9.18 Å². The van der Waals surface area contributed by atoms with E-state index in [0.29, 0.717) is 10.6 Å². The van der Waals surface area contributed by atoms with E-state index in [0.717, 1.165) is 27.1 Å². The summed E-state index contributed by atoms with van der Waals surface area (Å²) in [5.41, 5.74) is 2.85. The van der Waals surface area contributed by atoms with Gasteiger partial charge in [-0.1, -0.05) is 12.1 Å². The van der Waals surface area contributed by atoms with Crippen molar-refractivity contribution in [2.45, 2.75) is 6.61 Å². The van der Waals surface area contributed by atoms with Gasteiger partial charge in [0.05, 0.1) is 5.69 Å². The molecule has 0 bridgehead atoms. The summed E-state index contributed by atoms with van der Waals surface area (Å²) in [7, 11) is 0. The molecule has 0 saturated carbocycles. The van der Waals surface area contributed by atoms with Crippen LogP contribution < -0.4 is 21.3 Å². The summed E-state index contributed by atoms with van der Waals surface area (Å²) in [5, 5.41) is 9.37. The van der Waals surface area contributed by atoms with Crippen LogP contribution in [0.1, 0.15) is 15.2 Å². The molecule has 0 aliphatic carbocycles. The average Bonchev–Trinajstić information content (AvgIpc) is 3.09. The van der Waals surface area contributed by atoms with E-state index in [4.69, 9.17) is 4.74 Å². The number of carbonyl (C=O) groups is 1. The molecule has 146 valence electrons. The normalized spacial score (nSPS) is 10.9. The van der Waals surface area contributed by atoms with E-state index in [1.54, 1.807) is 42.5 Å². The molecule has 2 aromatic carbocycles. The van der Waals surface area contributed by atoms with Crippen LogP contribution in [-0.2, 0) is 6.61 Å². The number of hydrogen-bond donors (Lipinski definition) is 2. The van der Waals surface area contributed by atoms with Gasteiger partial charge in [0.2, 0.25) is 0 Å². The quantitative estimate of drug-likeness (QED) is 0.453. The van der Waals surface area contributed by atoms with Crippen molar-refractivity contribution in [3.05, 3.63) is 91.6 Å². The molecule has 0 spiro atoms. The van der Waals surface area contributed by atoms with Gasteiger partial charge in [-0.2, -0.15) is 4.68 Å². The van der Waals surface area contributed by atoms with Gasteiger partial charge in [-0.15, -0.1) is 11.3 Å². The van der Waals surface area contributed by atoms with E-state index in [2.05, 4.69) is 5.43 Å². The van der Waals surface area contributed by atoms with Crippen LogP contribution in [0, 0.1) is 5.82 Å². The number of nitrogens with one attached hydrogen (secondary N) is 1. The Hall–Kier alpha value is -3.72. The Labute approximate surface area is 166 Å². The molecule has 0 amide bonds. The number of ether oxygens (including phenoxy) is 1. The maximum Gasteiger partial charge on any atom is 0.348 e. The highest BCUT2D eigenvalue weighted by molar-refractivity contribution is 7.18. The number of rotatable bonds is 7. The zero-order valence-electron chi connectivity index (χ0n) is 14.7. The molecule has 0 saturated heterocycles. The maximum absolute atomic E-state index is 12.9. The van der Waals surface area contributed by atoms with Crippen molar-refractivity contribution in [1.29, 1.82) is 0 Å². The predicted molar refractivity (Wildman–Crippen MR) is 106 cm³/mol. The van der Waals surface area contributed by atoms with Gasteiger partial charge >= 0.3 is 17.1 Å². The fraction of sp³-hybridized carbons (Fsp3) is 0.0500. The zero-order valence-corrected chi connectivity index (χ0v) is 15.5. The number of aromatic carboxylic acids is 1. The van der Waals surface area contributed by atoms with Crippen LogP contribution >= 0.6 is 11.3 Å². The van der Waals surface area contributed by atoms with E-state index >= 15 is 0 Å². The lowest BCUT2D eigenvalue weighted by molar-refractivity contribution is 0.0703. The predicted octanol–water partition coefficient (Wildman–Crippen LogP) is 3.10. The van der Waals surface area contributed by atoms with E-state index in [1.165, 1.54) is 12.1 Å². The lowest BCUT2D eigenvalue weighted by Gasteiger charge is -2.07. The Morgan fingerprint density at radius 2 is 1.72 bits per heavy atom. The molecule has 0 radical (unpaired) electrons. The number of carboxylic acids is 1. The van der Waals surface area contributed by atoms with E-state index in [-0.39, 0.29) is 23.0 Å². The molecular weight excluding hydrogens is 399 g/mol. The fourth-order valence-corrected chi connectivity index (χ4v) is 3.55. The molecule has 2 N–H and O–H groups in total. The topological polar surface area (TPSA) is 97.6 Å². The minimum atomic E-state index is -1.16. The Balaban J connectivity index is 1.50. The Bertz CT molecular complexity index is 1230. The van der Waals surface area contributed by atoms with Crippen molar-refractivity contribution >= 4 is 23.0 Å². The smallest absolute Gasteiger partial charge is 0.348 e. The van der Waals surface area contributed by atoms with Gasteiger partial charge < -0.3 is 9.84 Å². The molecule has 0 aliphatic heterocycles. The maximum atomic E-state index is 12.9. The first-order valence-electron chi connectivity index (χ1n) is 8.42. The van der Waals surface area contributed by atoms with E-state index in [1.807, 2.05) is 0 Å². The number of thiophene rings is 1. The molecule has 2 aromatic heterocycles. The molecule has 2 heterocycles. The lowest BCUT2D eigenvalue weighted by Crippen LogP contribution is -2.09. The van der Waals surface area contributed by atoms with Crippen molar-refractivity contribution in [2.24, 2.45) is 0 Å². The minimum Gasteiger partial charge on any atom is -0.489 e. The van der Waals surface area contributed by atoms with Gasteiger partial charge in [0, 0.05) is 4.88 Å². The third-order valence-electron chi connectivity index (χ3n) is 4.16. The van der Waals surface area contributed by atoms with Crippen molar-refractivity contribution < 1.29 is 19.0 Å². The lowest BCUT2D eigenvalue weighted by atomic mass is 10.2. The number of hydrogen-bond acceptors (Lipinski definition) is 6. The zero-order chi connectivity index (χ0) is 20.5. The molecule has 4 aromatic rings. The highest BCUT2D eigenvalue weighted by Crippen LogP contribution is 2.35.